The molecule has 0 aromatic heterocycles. The summed E-state index contributed by atoms with van der Waals surface area (Å²) in [5.41, 5.74) is 0.430. The van der Waals surface area contributed by atoms with E-state index >= 15 is 0 Å². The van der Waals surface area contributed by atoms with Gasteiger partial charge in [-0.3, -0.25) is 14.4 Å². The minimum absolute atomic E-state index is 0.0951. The molecule has 0 saturated carbocycles. The molecule has 0 radical (unpaired) electrons. The van der Waals surface area contributed by atoms with Gasteiger partial charge in [-0.25, -0.2) is 0 Å². The Hall–Kier alpha value is -2.17. The molecule has 0 N–H and O–H groups in total. The first-order chi connectivity index (χ1) is 13.9. The van der Waals surface area contributed by atoms with Gasteiger partial charge in [0.25, 0.3) is 0 Å². The Morgan fingerprint density at radius 1 is 0.828 bits per heavy atom. The van der Waals surface area contributed by atoms with Crippen LogP contribution in [-0.2, 0) is 14.3 Å². The van der Waals surface area contributed by atoms with Gasteiger partial charge in [-0.2, -0.15) is 0 Å². The molecule has 29 heavy (non-hydrogen) atoms. The average Bonchev–Trinajstić information content (AvgIpc) is 2.67. The molecule has 5 heteroatoms. The van der Waals surface area contributed by atoms with Crippen LogP contribution in [0.2, 0.25) is 0 Å². The fourth-order valence-electron chi connectivity index (χ4n) is 3.02. The summed E-state index contributed by atoms with van der Waals surface area (Å²) < 4.78 is 10.5. The van der Waals surface area contributed by atoms with E-state index in [0.717, 1.165) is 51.4 Å². The number of ketones is 1. The number of carbonyl (C=O) groups is 3. The van der Waals surface area contributed by atoms with Crippen LogP contribution in [0.1, 0.15) is 95.3 Å². The van der Waals surface area contributed by atoms with Gasteiger partial charge in [-0.05, 0) is 50.7 Å². The van der Waals surface area contributed by atoms with Crippen LogP contribution in [0.5, 0.6) is 5.75 Å². The van der Waals surface area contributed by atoms with Crippen LogP contribution in [0.25, 0.3) is 0 Å². The van der Waals surface area contributed by atoms with Gasteiger partial charge in [-0.15, -0.1) is 0 Å². The number of carbonyl (C=O) groups excluding carboxylic acids is 3. The van der Waals surface area contributed by atoms with Crippen molar-refractivity contribution in [2.45, 2.75) is 85.0 Å². The molecule has 0 aliphatic heterocycles. The summed E-state index contributed by atoms with van der Waals surface area (Å²) in [6.45, 7) is 6.32. The second kappa shape index (κ2) is 14.8. The highest BCUT2D eigenvalue weighted by atomic mass is 16.5. The van der Waals surface area contributed by atoms with E-state index < -0.39 is 0 Å². The zero-order chi connectivity index (χ0) is 21.5. The molecule has 0 spiro atoms. The molecule has 0 aliphatic carbocycles. The number of rotatable bonds is 15. The van der Waals surface area contributed by atoms with Crippen LogP contribution in [0.15, 0.2) is 24.3 Å². The number of ether oxygens (including phenoxy) is 2. The van der Waals surface area contributed by atoms with Crippen LogP contribution in [0, 0.1) is 5.92 Å². The van der Waals surface area contributed by atoms with Crippen molar-refractivity contribution in [3.05, 3.63) is 29.8 Å². The van der Waals surface area contributed by atoms with Crippen molar-refractivity contribution in [2.75, 3.05) is 6.61 Å². The molecule has 5 nitrogen and oxygen atoms in total. The van der Waals surface area contributed by atoms with Gasteiger partial charge < -0.3 is 9.47 Å². The summed E-state index contributed by atoms with van der Waals surface area (Å²) in [5.74, 6) is 0.460. The third kappa shape index (κ3) is 12.1. The molecule has 0 unspecified atom stereocenters. The van der Waals surface area contributed by atoms with Crippen LogP contribution >= 0.6 is 0 Å². The maximum Gasteiger partial charge on any atom is 0.311 e. The molecule has 0 bridgehead atoms. The molecular weight excluding hydrogens is 368 g/mol. The minimum atomic E-state index is -0.307. The van der Waals surface area contributed by atoms with Crippen LogP contribution in [-0.4, -0.2) is 24.3 Å². The van der Waals surface area contributed by atoms with E-state index in [1.54, 1.807) is 24.3 Å². The number of esters is 2. The molecule has 0 atom stereocenters. The van der Waals surface area contributed by atoms with Crippen molar-refractivity contribution < 1.29 is 23.9 Å². The standard InChI is InChI=1S/C24H36O5/c1-19(2)13-12-18-28-23(26)16-8-6-4-5-7-9-17-24(27)29-22-15-11-10-14-21(22)20(3)25/h10-11,14-15,19H,4-9,12-13,16-18H2,1-3H3. The predicted molar refractivity (Wildman–Crippen MR) is 114 cm³/mol. The number of benzene rings is 1. The quantitative estimate of drug-likeness (QED) is 0.158. The van der Waals surface area contributed by atoms with Crippen molar-refractivity contribution in [1.82, 2.24) is 0 Å². The average molecular weight is 405 g/mol. The van der Waals surface area contributed by atoms with Gasteiger partial charge in [-0.1, -0.05) is 51.7 Å². The van der Waals surface area contributed by atoms with Crippen molar-refractivity contribution in [3.8, 4) is 5.75 Å². The van der Waals surface area contributed by atoms with E-state index in [0.29, 0.717) is 36.7 Å². The SMILES string of the molecule is CC(=O)c1ccccc1OC(=O)CCCCCCCCC(=O)OCCCC(C)C. The molecule has 1 rings (SSSR count). The van der Waals surface area contributed by atoms with E-state index in [-0.39, 0.29) is 17.7 Å². The fraction of sp³-hybridized carbons (Fsp3) is 0.625. The summed E-state index contributed by atoms with van der Waals surface area (Å²) in [4.78, 5) is 35.1. The normalized spacial score (nSPS) is 10.8. The Bertz CT molecular complexity index is 636. The molecule has 0 aliphatic rings. The van der Waals surface area contributed by atoms with Gasteiger partial charge >= 0.3 is 11.9 Å². The number of hydrogen-bond acceptors (Lipinski definition) is 5. The monoisotopic (exact) mass is 404 g/mol. The molecule has 0 saturated heterocycles. The molecule has 1 aromatic rings. The predicted octanol–water partition coefficient (Wildman–Crippen LogP) is 5.89. The Labute approximate surface area is 175 Å². The summed E-state index contributed by atoms with van der Waals surface area (Å²) in [6.07, 6.45) is 8.49. The zero-order valence-electron chi connectivity index (χ0n) is 18.2. The first-order valence-corrected chi connectivity index (χ1v) is 10.9. The summed E-state index contributed by atoms with van der Waals surface area (Å²) in [5, 5.41) is 0. The Morgan fingerprint density at radius 3 is 2.03 bits per heavy atom. The lowest BCUT2D eigenvalue weighted by Crippen LogP contribution is -2.10. The third-order valence-corrected chi connectivity index (χ3v) is 4.69. The Kier molecular flexibility index (Phi) is 12.7. The topological polar surface area (TPSA) is 69.7 Å². The maximum absolute atomic E-state index is 12.0. The second-order valence-electron chi connectivity index (χ2n) is 7.90. The van der Waals surface area contributed by atoms with Gasteiger partial charge in [0.05, 0.1) is 12.2 Å². The largest absolute Gasteiger partial charge is 0.466 e. The lowest BCUT2D eigenvalue weighted by molar-refractivity contribution is -0.144. The van der Waals surface area contributed by atoms with Crippen LogP contribution in [0.4, 0.5) is 0 Å². The number of Topliss-reactive ketones (excluding diaryl/α,β-unsaturated/α-hetero) is 1. The van der Waals surface area contributed by atoms with E-state index in [4.69, 9.17) is 9.47 Å². The summed E-state index contributed by atoms with van der Waals surface area (Å²) in [7, 11) is 0. The highest BCUT2D eigenvalue weighted by Crippen LogP contribution is 2.19. The van der Waals surface area contributed by atoms with E-state index in [1.807, 2.05) is 0 Å². The van der Waals surface area contributed by atoms with Crippen molar-refractivity contribution in [3.63, 3.8) is 0 Å². The number of hydrogen-bond donors (Lipinski definition) is 0. The van der Waals surface area contributed by atoms with Gasteiger partial charge in [0.2, 0.25) is 0 Å². The zero-order valence-corrected chi connectivity index (χ0v) is 18.2. The third-order valence-electron chi connectivity index (χ3n) is 4.69. The number of para-hydroxylation sites is 1. The highest BCUT2D eigenvalue weighted by Gasteiger charge is 2.11. The molecule has 162 valence electrons. The highest BCUT2D eigenvalue weighted by molar-refractivity contribution is 5.97. The van der Waals surface area contributed by atoms with Crippen LogP contribution in [0.3, 0.4) is 0 Å². The molecule has 1 aromatic carbocycles. The lowest BCUT2D eigenvalue weighted by atomic mass is 10.1. The van der Waals surface area contributed by atoms with Gasteiger partial charge in [0.15, 0.2) is 5.78 Å². The van der Waals surface area contributed by atoms with Crippen molar-refractivity contribution >= 4 is 17.7 Å². The van der Waals surface area contributed by atoms with E-state index in [9.17, 15) is 14.4 Å². The number of unbranched alkanes of at least 4 members (excludes halogenated alkanes) is 5. The van der Waals surface area contributed by atoms with Gasteiger partial charge in [0, 0.05) is 12.8 Å². The molecular formula is C24H36O5. The Balaban J connectivity index is 2.02. The van der Waals surface area contributed by atoms with E-state index in [2.05, 4.69) is 13.8 Å². The second-order valence-corrected chi connectivity index (χ2v) is 7.90. The first kappa shape index (κ1) is 24.9. The van der Waals surface area contributed by atoms with Crippen molar-refractivity contribution in [1.29, 1.82) is 0 Å². The van der Waals surface area contributed by atoms with E-state index in [1.165, 1.54) is 6.92 Å². The molecule has 0 amide bonds. The Morgan fingerprint density at radius 2 is 1.41 bits per heavy atom. The maximum atomic E-state index is 12.0. The summed E-state index contributed by atoms with van der Waals surface area (Å²) >= 11 is 0. The first-order valence-electron chi connectivity index (χ1n) is 10.9. The minimum Gasteiger partial charge on any atom is -0.466 e. The molecule has 0 heterocycles. The van der Waals surface area contributed by atoms with Crippen LogP contribution < -0.4 is 4.74 Å². The van der Waals surface area contributed by atoms with Crippen molar-refractivity contribution in [2.24, 2.45) is 5.92 Å². The smallest absolute Gasteiger partial charge is 0.311 e. The lowest BCUT2D eigenvalue weighted by Gasteiger charge is -2.08. The van der Waals surface area contributed by atoms with Gasteiger partial charge in [0.1, 0.15) is 5.75 Å². The fourth-order valence-corrected chi connectivity index (χ4v) is 3.02. The summed E-state index contributed by atoms with van der Waals surface area (Å²) in [6, 6.07) is 6.80. The molecule has 0 fully saturated rings.